The van der Waals surface area contributed by atoms with Gasteiger partial charge in [-0.15, -0.1) is 0 Å². The van der Waals surface area contributed by atoms with Gasteiger partial charge in [0.2, 0.25) is 5.91 Å². The molecular formula is C24H27NO3. The van der Waals surface area contributed by atoms with Crippen molar-refractivity contribution in [2.45, 2.75) is 27.7 Å². The van der Waals surface area contributed by atoms with E-state index in [9.17, 15) is 4.79 Å². The number of ether oxygens (including phenoxy) is 1. The van der Waals surface area contributed by atoms with Crippen molar-refractivity contribution in [1.29, 1.82) is 0 Å². The summed E-state index contributed by atoms with van der Waals surface area (Å²) in [6, 6.07) is 14.1. The second-order valence-corrected chi connectivity index (χ2v) is 6.63. The van der Waals surface area contributed by atoms with Crippen LogP contribution in [-0.4, -0.2) is 30.5 Å². The molecular weight excluding hydrogens is 350 g/mol. The number of carbonyl (C=O) groups is 1. The van der Waals surface area contributed by atoms with Crippen LogP contribution in [0.15, 0.2) is 59.2 Å². The highest BCUT2D eigenvalue weighted by Gasteiger charge is 2.16. The molecule has 0 aliphatic rings. The van der Waals surface area contributed by atoms with Crippen LogP contribution in [0.3, 0.4) is 0 Å². The van der Waals surface area contributed by atoms with E-state index in [0.29, 0.717) is 19.7 Å². The minimum atomic E-state index is 0.0144. The van der Waals surface area contributed by atoms with Gasteiger partial charge in [-0.05, 0) is 44.9 Å². The van der Waals surface area contributed by atoms with Crippen LogP contribution < -0.4 is 4.74 Å². The van der Waals surface area contributed by atoms with Gasteiger partial charge in [-0.2, -0.15) is 0 Å². The molecule has 3 aromatic rings. The van der Waals surface area contributed by atoms with Gasteiger partial charge in [0.15, 0.2) is 0 Å². The summed E-state index contributed by atoms with van der Waals surface area (Å²) in [7, 11) is 0. The third-order valence-corrected chi connectivity index (χ3v) is 4.90. The molecule has 0 aliphatic carbocycles. The Kier molecular flexibility index (Phi) is 6.19. The lowest BCUT2D eigenvalue weighted by molar-refractivity contribution is -0.125. The van der Waals surface area contributed by atoms with Gasteiger partial charge in [0.25, 0.3) is 0 Å². The zero-order valence-electron chi connectivity index (χ0n) is 17.0. The van der Waals surface area contributed by atoms with Crippen molar-refractivity contribution in [2.24, 2.45) is 0 Å². The smallest absolute Gasteiger partial charge is 0.246 e. The fourth-order valence-corrected chi connectivity index (χ4v) is 3.37. The first-order chi connectivity index (χ1) is 13.6. The van der Waals surface area contributed by atoms with Gasteiger partial charge in [-0.3, -0.25) is 4.79 Å². The molecule has 4 heteroatoms. The number of rotatable bonds is 7. The van der Waals surface area contributed by atoms with E-state index in [1.165, 1.54) is 0 Å². The Labute approximate surface area is 166 Å². The lowest BCUT2D eigenvalue weighted by Gasteiger charge is -2.17. The Bertz CT molecular complexity index is 982. The Morgan fingerprint density at radius 3 is 2.46 bits per heavy atom. The number of fused-ring (bicyclic) bond motifs is 1. The number of hydrogen-bond acceptors (Lipinski definition) is 3. The molecule has 2 aromatic carbocycles. The molecule has 0 bridgehead atoms. The van der Waals surface area contributed by atoms with Gasteiger partial charge in [0.05, 0.1) is 12.9 Å². The number of allylic oxidation sites excluding steroid dienone is 1. The van der Waals surface area contributed by atoms with Gasteiger partial charge >= 0.3 is 0 Å². The fourth-order valence-electron chi connectivity index (χ4n) is 3.37. The zero-order valence-corrected chi connectivity index (χ0v) is 17.0. The summed E-state index contributed by atoms with van der Waals surface area (Å²) in [6.45, 7) is 9.80. The molecule has 146 valence electrons. The van der Waals surface area contributed by atoms with E-state index in [2.05, 4.69) is 18.2 Å². The van der Waals surface area contributed by atoms with Gasteiger partial charge in [-0.25, -0.2) is 0 Å². The van der Waals surface area contributed by atoms with Crippen molar-refractivity contribution >= 4 is 22.4 Å². The summed E-state index contributed by atoms with van der Waals surface area (Å²) in [5.74, 6) is 0.741. The molecule has 28 heavy (non-hydrogen) atoms. The normalized spacial score (nSPS) is 11.6. The number of benzene rings is 2. The number of amides is 1. The minimum Gasteiger partial charge on any atom is -0.493 e. The van der Waals surface area contributed by atoms with Crippen LogP contribution in [0.25, 0.3) is 27.7 Å². The Morgan fingerprint density at radius 1 is 1.11 bits per heavy atom. The fraction of sp³-hybridized carbons (Fsp3) is 0.292. The maximum Gasteiger partial charge on any atom is 0.246 e. The third-order valence-electron chi connectivity index (χ3n) is 4.90. The molecule has 1 aromatic heterocycles. The molecule has 0 saturated heterocycles. The zero-order chi connectivity index (χ0) is 20.1. The van der Waals surface area contributed by atoms with Crippen LogP contribution in [0.5, 0.6) is 5.75 Å². The predicted molar refractivity (Wildman–Crippen MR) is 114 cm³/mol. The maximum absolute atomic E-state index is 12.6. The number of nitrogens with zero attached hydrogens (tertiary/aromatic N) is 1. The van der Waals surface area contributed by atoms with Gasteiger partial charge in [-0.1, -0.05) is 30.3 Å². The molecule has 1 amide bonds. The van der Waals surface area contributed by atoms with E-state index in [4.69, 9.17) is 9.15 Å². The Balaban J connectivity index is 2.11. The molecule has 3 rings (SSSR count). The van der Waals surface area contributed by atoms with Gasteiger partial charge in [0, 0.05) is 41.7 Å². The first kappa shape index (κ1) is 19.7. The van der Waals surface area contributed by atoms with Crippen LogP contribution in [-0.2, 0) is 4.79 Å². The monoisotopic (exact) mass is 377 g/mol. The van der Waals surface area contributed by atoms with Crippen LogP contribution in [0.2, 0.25) is 0 Å². The first-order valence-electron chi connectivity index (χ1n) is 9.80. The van der Waals surface area contributed by atoms with Crippen LogP contribution in [0, 0.1) is 0 Å². The maximum atomic E-state index is 12.6. The molecule has 0 radical (unpaired) electrons. The highest BCUT2D eigenvalue weighted by Crippen LogP contribution is 2.37. The van der Waals surface area contributed by atoms with E-state index in [1.807, 2.05) is 52.0 Å². The second-order valence-electron chi connectivity index (χ2n) is 6.63. The van der Waals surface area contributed by atoms with Crippen LogP contribution in [0.1, 0.15) is 33.3 Å². The number of carbonyl (C=O) groups excluding carboxylic acids is 1. The van der Waals surface area contributed by atoms with Crippen molar-refractivity contribution in [2.75, 3.05) is 19.7 Å². The van der Waals surface area contributed by atoms with E-state index in [0.717, 1.165) is 39.0 Å². The summed E-state index contributed by atoms with van der Waals surface area (Å²) in [5.41, 5.74) is 4.68. The third kappa shape index (κ3) is 3.96. The predicted octanol–water partition coefficient (Wildman–Crippen LogP) is 5.77. The molecule has 4 nitrogen and oxygen atoms in total. The van der Waals surface area contributed by atoms with Crippen molar-refractivity contribution in [3.05, 3.63) is 60.4 Å². The van der Waals surface area contributed by atoms with E-state index in [-0.39, 0.29) is 5.91 Å². The average Bonchev–Trinajstić information content (AvgIpc) is 3.12. The van der Waals surface area contributed by atoms with Gasteiger partial charge in [0.1, 0.15) is 11.3 Å². The molecule has 0 atom stereocenters. The largest absolute Gasteiger partial charge is 0.493 e. The molecule has 0 spiro atoms. The summed E-state index contributed by atoms with van der Waals surface area (Å²) in [6.07, 6.45) is 3.47. The lowest BCUT2D eigenvalue weighted by atomic mass is 9.99. The molecule has 0 saturated carbocycles. The quantitative estimate of drug-likeness (QED) is 0.491. The Morgan fingerprint density at radius 2 is 1.82 bits per heavy atom. The number of furan rings is 1. The molecule has 0 fully saturated rings. The van der Waals surface area contributed by atoms with Crippen molar-refractivity contribution in [3.8, 4) is 16.9 Å². The molecule has 0 aliphatic heterocycles. The van der Waals surface area contributed by atoms with Crippen LogP contribution in [0.4, 0.5) is 0 Å². The van der Waals surface area contributed by atoms with E-state index < -0.39 is 0 Å². The standard InChI is InChI=1S/C24H27NO3/c1-5-25(6-2)24(26)13-17(4)19-14-20-21(18-11-9-8-10-12-18)16-28-23(20)15-22(19)27-7-3/h8-16H,5-7H2,1-4H3/b17-13+. The summed E-state index contributed by atoms with van der Waals surface area (Å²) >= 11 is 0. The highest BCUT2D eigenvalue weighted by molar-refractivity contribution is 6.00. The second kappa shape index (κ2) is 8.79. The lowest BCUT2D eigenvalue weighted by Crippen LogP contribution is -2.28. The summed E-state index contributed by atoms with van der Waals surface area (Å²) in [5, 5.41) is 1.01. The number of hydrogen-bond donors (Lipinski definition) is 0. The molecule has 0 N–H and O–H groups in total. The SMILES string of the molecule is CCOc1cc2occ(-c3ccccc3)c2cc1/C(C)=C/C(=O)N(CC)CC. The first-order valence-corrected chi connectivity index (χ1v) is 9.80. The van der Waals surface area contributed by atoms with Crippen LogP contribution >= 0.6 is 0 Å². The van der Waals surface area contributed by atoms with Gasteiger partial charge < -0.3 is 14.1 Å². The van der Waals surface area contributed by atoms with E-state index in [1.54, 1.807) is 17.2 Å². The number of likely N-dealkylation sites (N-methyl/N-ethyl adjacent to an activating group) is 1. The topological polar surface area (TPSA) is 42.7 Å². The summed E-state index contributed by atoms with van der Waals surface area (Å²) in [4.78, 5) is 14.4. The highest BCUT2D eigenvalue weighted by atomic mass is 16.5. The molecule has 0 unspecified atom stereocenters. The average molecular weight is 377 g/mol. The van der Waals surface area contributed by atoms with Crippen molar-refractivity contribution in [3.63, 3.8) is 0 Å². The minimum absolute atomic E-state index is 0.0144. The molecule has 1 heterocycles. The Hall–Kier alpha value is -3.01. The summed E-state index contributed by atoms with van der Waals surface area (Å²) < 4.78 is 11.7. The van der Waals surface area contributed by atoms with Crippen molar-refractivity contribution < 1.29 is 13.9 Å². The van der Waals surface area contributed by atoms with E-state index >= 15 is 0 Å². The van der Waals surface area contributed by atoms with Crippen molar-refractivity contribution in [1.82, 2.24) is 4.90 Å².